The molecule has 0 N–H and O–H groups in total. The lowest BCUT2D eigenvalue weighted by atomic mass is 10.1. The highest BCUT2D eigenvalue weighted by molar-refractivity contribution is 6.35. The maximum absolute atomic E-state index is 13.0. The first-order chi connectivity index (χ1) is 12.7. The second kappa shape index (κ2) is 7.88. The molecule has 0 radical (unpaired) electrons. The van der Waals surface area contributed by atoms with E-state index in [1.54, 1.807) is 12.1 Å². The second-order valence-electron chi connectivity index (χ2n) is 5.69. The molecular formula is C15H13Cl2F4N3O3. The predicted octanol–water partition coefficient (Wildman–Crippen LogP) is 3.73. The van der Waals surface area contributed by atoms with Crippen LogP contribution in [-0.4, -0.2) is 46.6 Å². The molecule has 0 amide bonds. The molecule has 2 heterocycles. The van der Waals surface area contributed by atoms with Gasteiger partial charge in [0.1, 0.15) is 25.3 Å². The monoisotopic (exact) mass is 429 g/mol. The van der Waals surface area contributed by atoms with Crippen molar-refractivity contribution in [3.05, 3.63) is 46.5 Å². The van der Waals surface area contributed by atoms with Crippen LogP contribution < -0.4 is 0 Å². The van der Waals surface area contributed by atoms with Gasteiger partial charge in [-0.05, 0) is 12.1 Å². The Kier molecular flexibility index (Phi) is 5.92. The van der Waals surface area contributed by atoms with Gasteiger partial charge in [0.25, 0.3) is 0 Å². The van der Waals surface area contributed by atoms with E-state index in [1.807, 2.05) is 0 Å². The van der Waals surface area contributed by atoms with E-state index in [0.717, 1.165) is 0 Å². The third kappa shape index (κ3) is 4.52. The molecule has 0 saturated carbocycles. The van der Waals surface area contributed by atoms with Gasteiger partial charge in [-0.1, -0.05) is 29.3 Å². The number of hydrogen-bond donors (Lipinski definition) is 0. The molecule has 0 bridgehead atoms. The van der Waals surface area contributed by atoms with Crippen molar-refractivity contribution >= 4 is 23.2 Å². The zero-order valence-corrected chi connectivity index (χ0v) is 15.0. The van der Waals surface area contributed by atoms with Crippen LogP contribution in [0, 0.1) is 0 Å². The molecule has 2 aromatic rings. The number of nitrogens with zero attached hydrogens (tertiary/aromatic N) is 3. The summed E-state index contributed by atoms with van der Waals surface area (Å²) >= 11 is 12.1. The second-order valence-corrected chi connectivity index (χ2v) is 6.54. The number of rotatable bonds is 7. The zero-order chi connectivity index (χ0) is 19.7. The molecule has 1 aromatic carbocycles. The molecule has 6 nitrogen and oxygen atoms in total. The van der Waals surface area contributed by atoms with Gasteiger partial charge >= 0.3 is 12.5 Å². The predicted molar refractivity (Wildman–Crippen MR) is 85.9 cm³/mol. The van der Waals surface area contributed by atoms with Crippen molar-refractivity contribution in [3.8, 4) is 0 Å². The standard InChI is InChI=1S/C15H13Cl2F4N3O3/c16-9-1-2-11(12(17)3-9)14(6-24-8-22-7-23-24)25-4-10(27-14)5-26-15(20,21)13(18)19/h1-3,7-8,10,13H,4-6H2. The molecule has 148 valence electrons. The van der Waals surface area contributed by atoms with Crippen molar-refractivity contribution in [3.63, 3.8) is 0 Å². The Morgan fingerprint density at radius 3 is 2.78 bits per heavy atom. The van der Waals surface area contributed by atoms with E-state index >= 15 is 0 Å². The van der Waals surface area contributed by atoms with Crippen LogP contribution in [0.2, 0.25) is 10.0 Å². The summed E-state index contributed by atoms with van der Waals surface area (Å²) in [5.41, 5.74) is 0.368. The highest BCUT2D eigenvalue weighted by Gasteiger charge is 2.48. The van der Waals surface area contributed by atoms with Gasteiger partial charge in [-0.3, -0.25) is 0 Å². The molecule has 12 heteroatoms. The van der Waals surface area contributed by atoms with Crippen LogP contribution in [0.1, 0.15) is 5.56 Å². The third-order valence-corrected chi connectivity index (χ3v) is 4.30. The van der Waals surface area contributed by atoms with E-state index < -0.39 is 31.0 Å². The van der Waals surface area contributed by atoms with Crippen LogP contribution in [-0.2, 0) is 26.5 Å². The molecule has 1 fully saturated rings. The summed E-state index contributed by atoms with van der Waals surface area (Å²) < 4.78 is 67.4. The van der Waals surface area contributed by atoms with Crippen LogP contribution in [0.3, 0.4) is 0 Å². The van der Waals surface area contributed by atoms with Crippen LogP contribution in [0.4, 0.5) is 17.6 Å². The first-order valence-electron chi connectivity index (χ1n) is 7.61. The summed E-state index contributed by atoms with van der Waals surface area (Å²) in [6.45, 7) is -1.01. The fourth-order valence-electron chi connectivity index (χ4n) is 2.55. The van der Waals surface area contributed by atoms with Gasteiger partial charge in [-0.25, -0.2) is 18.4 Å². The lowest BCUT2D eigenvalue weighted by Crippen LogP contribution is -2.37. The average molecular weight is 430 g/mol. The average Bonchev–Trinajstić information content (AvgIpc) is 3.24. The lowest BCUT2D eigenvalue weighted by molar-refractivity contribution is -0.309. The van der Waals surface area contributed by atoms with Crippen molar-refractivity contribution < 1.29 is 31.8 Å². The van der Waals surface area contributed by atoms with E-state index in [0.29, 0.717) is 10.6 Å². The largest absolute Gasteiger partial charge is 0.416 e. The first kappa shape index (κ1) is 20.3. The van der Waals surface area contributed by atoms with Crippen molar-refractivity contribution in [1.29, 1.82) is 0 Å². The summed E-state index contributed by atoms with van der Waals surface area (Å²) in [5, 5.41) is 4.54. The fraction of sp³-hybridized carbons (Fsp3) is 0.467. The molecular weight excluding hydrogens is 417 g/mol. The maximum Gasteiger partial charge on any atom is 0.416 e. The SMILES string of the molecule is FC(F)C(F)(F)OCC1COC(Cn2cncn2)(c2ccc(Cl)cc2Cl)O1. The maximum atomic E-state index is 13.0. The van der Waals surface area contributed by atoms with E-state index in [2.05, 4.69) is 14.8 Å². The molecule has 1 aromatic heterocycles. The van der Waals surface area contributed by atoms with Crippen molar-refractivity contribution in [1.82, 2.24) is 14.8 Å². The summed E-state index contributed by atoms with van der Waals surface area (Å²) in [6, 6.07) is 4.56. The van der Waals surface area contributed by atoms with E-state index in [1.165, 1.54) is 23.4 Å². The number of ether oxygens (including phenoxy) is 3. The summed E-state index contributed by atoms with van der Waals surface area (Å²) in [6.07, 6.45) is -6.89. The topological polar surface area (TPSA) is 58.4 Å². The Balaban J connectivity index is 1.82. The molecule has 1 aliphatic heterocycles. The molecule has 27 heavy (non-hydrogen) atoms. The minimum atomic E-state index is -4.58. The molecule has 0 spiro atoms. The normalized spacial score (nSPS) is 23.3. The van der Waals surface area contributed by atoms with Crippen LogP contribution in [0.15, 0.2) is 30.9 Å². The van der Waals surface area contributed by atoms with Gasteiger partial charge in [-0.15, -0.1) is 0 Å². The molecule has 0 aliphatic carbocycles. The van der Waals surface area contributed by atoms with E-state index in [-0.39, 0.29) is 18.2 Å². The van der Waals surface area contributed by atoms with Crippen LogP contribution >= 0.6 is 23.2 Å². The fourth-order valence-corrected chi connectivity index (χ4v) is 3.10. The van der Waals surface area contributed by atoms with Gasteiger partial charge in [0.15, 0.2) is 0 Å². The van der Waals surface area contributed by atoms with Gasteiger partial charge in [-0.2, -0.15) is 13.9 Å². The van der Waals surface area contributed by atoms with Crippen LogP contribution in [0.25, 0.3) is 0 Å². The number of aromatic nitrogens is 3. The van der Waals surface area contributed by atoms with Gasteiger partial charge < -0.3 is 14.2 Å². The van der Waals surface area contributed by atoms with Crippen molar-refractivity contribution in [2.75, 3.05) is 13.2 Å². The zero-order valence-electron chi connectivity index (χ0n) is 13.5. The van der Waals surface area contributed by atoms with Crippen LogP contribution in [0.5, 0.6) is 0 Å². The summed E-state index contributed by atoms with van der Waals surface area (Å²) in [5.74, 6) is -1.51. The molecule has 2 unspecified atom stereocenters. The minimum absolute atomic E-state index is 0.0178. The molecule has 2 atom stereocenters. The van der Waals surface area contributed by atoms with E-state index in [4.69, 9.17) is 32.7 Å². The number of alkyl halides is 4. The smallest absolute Gasteiger partial charge is 0.342 e. The lowest BCUT2D eigenvalue weighted by Gasteiger charge is -2.29. The Bertz CT molecular complexity index is 782. The van der Waals surface area contributed by atoms with Gasteiger partial charge in [0.2, 0.25) is 5.79 Å². The molecule has 1 aliphatic rings. The minimum Gasteiger partial charge on any atom is -0.342 e. The van der Waals surface area contributed by atoms with Crippen molar-refractivity contribution in [2.24, 2.45) is 0 Å². The quantitative estimate of drug-likeness (QED) is 0.627. The Labute approximate surface area is 160 Å². The van der Waals surface area contributed by atoms with Gasteiger partial charge in [0, 0.05) is 10.6 Å². The molecule has 3 rings (SSSR count). The molecule has 1 saturated heterocycles. The highest BCUT2D eigenvalue weighted by atomic mass is 35.5. The van der Waals surface area contributed by atoms with Gasteiger partial charge in [0.05, 0.1) is 18.2 Å². The number of hydrogen-bond acceptors (Lipinski definition) is 5. The Hall–Kier alpha value is -1.46. The Morgan fingerprint density at radius 1 is 1.37 bits per heavy atom. The highest BCUT2D eigenvalue weighted by Crippen LogP contribution is 2.40. The van der Waals surface area contributed by atoms with E-state index in [9.17, 15) is 17.6 Å². The van der Waals surface area contributed by atoms with Crippen molar-refractivity contribution in [2.45, 2.75) is 31.0 Å². The number of halogens is 6. The first-order valence-corrected chi connectivity index (χ1v) is 8.37. The summed E-state index contributed by atoms with van der Waals surface area (Å²) in [7, 11) is 0. The Morgan fingerprint density at radius 2 is 2.15 bits per heavy atom. The number of benzene rings is 1. The summed E-state index contributed by atoms with van der Waals surface area (Å²) in [4.78, 5) is 3.81. The third-order valence-electron chi connectivity index (χ3n) is 3.75.